The summed E-state index contributed by atoms with van der Waals surface area (Å²) < 4.78 is 1.30. The Morgan fingerprint density at radius 2 is 2.05 bits per heavy atom. The van der Waals surface area contributed by atoms with Crippen LogP contribution in [0.5, 0.6) is 0 Å². The lowest BCUT2D eigenvalue weighted by Gasteiger charge is -2.11. The number of thioether (sulfide) groups is 1. The van der Waals surface area contributed by atoms with Gasteiger partial charge in [0.1, 0.15) is 6.33 Å². The lowest BCUT2D eigenvalue weighted by atomic mass is 10.1. The standard InChI is InChI=1S/C15H15N5OS/c1-10(22-15-19-17-9-20(15)16)14(21)18-13-7-6-11-4-2-3-5-12(11)8-13/h2-10H,16H2,1H3,(H,18,21)/t10-/m1/s1. The first-order valence-electron chi connectivity index (χ1n) is 6.75. The molecule has 0 saturated carbocycles. The van der Waals surface area contributed by atoms with E-state index in [4.69, 9.17) is 5.84 Å². The number of nitrogen functional groups attached to an aromatic ring is 1. The van der Waals surface area contributed by atoms with E-state index >= 15 is 0 Å². The summed E-state index contributed by atoms with van der Waals surface area (Å²) in [5.74, 6) is 5.53. The second-order valence-electron chi connectivity index (χ2n) is 4.83. The molecule has 3 aromatic rings. The minimum Gasteiger partial charge on any atom is -0.336 e. The summed E-state index contributed by atoms with van der Waals surface area (Å²) in [5.41, 5.74) is 0.769. The van der Waals surface area contributed by atoms with E-state index in [1.165, 1.54) is 22.8 Å². The molecule has 2 aromatic carbocycles. The predicted octanol–water partition coefficient (Wildman–Crippen LogP) is 2.26. The highest BCUT2D eigenvalue weighted by molar-refractivity contribution is 8.00. The van der Waals surface area contributed by atoms with Crippen molar-refractivity contribution in [3.8, 4) is 0 Å². The van der Waals surface area contributed by atoms with Gasteiger partial charge >= 0.3 is 0 Å². The summed E-state index contributed by atoms with van der Waals surface area (Å²) in [7, 11) is 0. The van der Waals surface area contributed by atoms with Crippen molar-refractivity contribution in [1.82, 2.24) is 14.9 Å². The van der Waals surface area contributed by atoms with E-state index in [0.717, 1.165) is 16.5 Å². The number of anilines is 1. The number of aromatic nitrogens is 3. The molecule has 0 radical (unpaired) electrons. The Morgan fingerprint density at radius 1 is 1.27 bits per heavy atom. The number of nitrogens with zero attached hydrogens (tertiary/aromatic N) is 3. The van der Waals surface area contributed by atoms with Crippen molar-refractivity contribution in [2.24, 2.45) is 0 Å². The number of hydrogen-bond donors (Lipinski definition) is 2. The number of nitrogens with two attached hydrogens (primary N) is 1. The van der Waals surface area contributed by atoms with Gasteiger partial charge in [-0.25, -0.2) is 4.68 Å². The van der Waals surface area contributed by atoms with E-state index in [1.807, 2.05) is 42.5 Å². The minimum absolute atomic E-state index is 0.108. The summed E-state index contributed by atoms with van der Waals surface area (Å²) in [6.45, 7) is 1.80. The first-order chi connectivity index (χ1) is 10.6. The molecule has 1 atom stereocenters. The van der Waals surface area contributed by atoms with Gasteiger partial charge in [0, 0.05) is 5.69 Å². The smallest absolute Gasteiger partial charge is 0.237 e. The van der Waals surface area contributed by atoms with Gasteiger partial charge in [-0.15, -0.1) is 10.2 Å². The quantitative estimate of drug-likeness (QED) is 0.570. The lowest BCUT2D eigenvalue weighted by Crippen LogP contribution is -2.23. The summed E-state index contributed by atoms with van der Waals surface area (Å²) in [6, 6.07) is 13.8. The second kappa shape index (κ2) is 6.07. The molecule has 0 spiro atoms. The molecule has 0 aliphatic heterocycles. The van der Waals surface area contributed by atoms with Gasteiger partial charge in [-0.05, 0) is 29.8 Å². The SMILES string of the molecule is C[C@@H](Sc1nncn1N)C(=O)Nc1ccc2ccccc2c1. The van der Waals surface area contributed by atoms with Gasteiger partial charge in [-0.1, -0.05) is 42.1 Å². The summed E-state index contributed by atoms with van der Waals surface area (Å²) in [4.78, 5) is 12.3. The molecular weight excluding hydrogens is 298 g/mol. The topological polar surface area (TPSA) is 85.8 Å². The third-order valence-electron chi connectivity index (χ3n) is 3.21. The molecule has 0 unspecified atom stereocenters. The molecule has 22 heavy (non-hydrogen) atoms. The number of carbonyl (C=O) groups is 1. The van der Waals surface area contributed by atoms with Crippen LogP contribution in [0.1, 0.15) is 6.92 Å². The largest absolute Gasteiger partial charge is 0.336 e. The molecule has 6 nitrogen and oxygen atoms in total. The molecule has 1 amide bonds. The van der Waals surface area contributed by atoms with Crippen LogP contribution in [-0.2, 0) is 4.79 Å². The summed E-state index contributed by atoms with van der Waals surface area (Å²) >= 11 is 1.26. The van der Waals surface area contributed by atoms with E-state index < -0.39 is 0 Å². The van der Waals surface area contributed by atoms with Crippen LogP contribution in [0.3, 0.4) is 0 Å². The molecule has 0 saturated heterocycles. The Hall–Kier alpha value is -2.54. The van der Waals surface area contributed by atoms with Gasteiger partial charge in [0.25, 0.3) is 0 Å². The zero-order valence-electron chi connectivity index (χ0n) is 11.9. The molecule has 0 aliphatic carbocycles. The van der Waals surface area contributed by atoms with E-state index in [1.54, 1.807) is 6.92 Å². The molecule has 0 aliphatic rings. The van der Waals surface area contributed by atoms with Crippen LogP contribution in [0.25, 0.3) is 10.8 Å². The highest BCUT2D eigenvalue weighted by Crippen LogP contribution is 2.22. The number of nitrogens with one attached hydrogen (secondary N) is 1. The lowest BCUT2D eigenvalue weighted by molar-refractivity contribution is -0.115. The molecule has 7 heteroatoms. The Labute approximate surface area is 131 Å². The van der Waals surface area contributed by atoms with Gasteiger partial charge in [-0.3, -0.25) is 4.79 Å². The molecular formula is C15H15N5OS. The van der Waals surface area contributed by atoms with Gasteiger partial charge in [0.05, 0.1) is 5.25 Å². The maximum absolute atomic E-state index is 12.3. The van der Waals surface area contributed by atoms with Crippen molar-refractivity contribution >= 4 is 34.1 Å². The first-order valence-corrected chi connectivity index (χ1v) is 7.63. The highest BCUT2D eigenvalue weighted by Gasteiger charge is 2.17. The first kappa shape index (κ1) is 14.4. The summed E-state index contributed by atoms with van der Waals surface area (Å²) in [5, 5.41) is 12.8. The Morgan fingerprint density at radius 3 is 2.77 bits per heavy atom. The van der Waals surface area contributed by atoms with Crippen molar-refractivity contribution < 1.29 is 4.79 Å². The van der Waals surface area contributed by atoms with Crippen LogP contribution in [0.4, 0.5) is 5.69 Å². The molecule has 3 N–H and O–H groups in total. The maximum Gasteiger partial charge on any atom is 0.237 e. The van der Waals surface area contributed by atoms with E-state index in [9.17, 15) is 4.79 Å². The second-order valence-corrected chi connectivity index (χ2v) is 6.14. The summed E-state index contributed by atoms with van der Waals surface area (Å²) in [6.07, 6.45) is 1.40. The number of amides is 1. The normalized spacial score (nSPS) is 12.2. The van der Waals surface area contributed by atoms with Crippen LogP contribution in [0.2, 0.25) is 0 Å². The van der Waals surface area contributed by atoms with Crippen molar-refractivity contribution in [1.29, 1.82) is 0 Å². The Kier molecular flexibility index (Phi) is 3.97. The third kappa shape index (κ3) is 3.04. The molecule has 3 rings (SSSR count). The van der Waals surface area contributed by atoms with Crippen LogP contribution in [0.15, 0.2) is 53.9 Å². The highest BCUT2D eigenvalue weighted by atomic mass is 32.2. The zero-order chi connectivity index (χ0) is 15.5. The number of hydrogen-bond acceptors (Lipinski definition) is 5. The average Bonchev–Trinajstić information content (AvgIpc) is 2.92. The minimum atomic E-state index is -0.335. The van der Waals surface area contributed by atoms with Crippen LogP contribution in [0, 0.1) is 0 Å². The number of fused-ring (bicyclic) bond motifs is 1. The molecule has 0 fully saturated rings. The van der Waals surface area contributed by atoms with Gasteiger partial charge in [0.15, 0.2) is 0 Å². The van der Waals surface area contributed by atoms with Crippen molar-refractivity contribution in [3.05, 3.63) is 48.8 Å². The van der Waals surface area contributed by atoms with Crippen molar-refractivity contribution in [2.75, 3.05) is 11.2 Å². The van der Waals surface area contributed by atoms with E-state index in [-0.39, 0.29) is 11.2 Å². The van der Waals surface area contributed by atoms with Crippen LogP contribution in [-0.4, -0.2) is 26.0 Å². The maximum atomic E-state index is 12.3. The Balaban J connectivity index is 1.70. The van der Waals surface area contributed by atoms with Crippen molar-refractivity contribution in [3.63, 3.8) is 0 Å². The van der Waals surface area contributed by atoms with E-state index in [0.29, 0.717) is 5.16 Å². The van der Waals surface area contributed by atoms with Gasteiger partial charge in [-0.2, -0.15) is 0 Å². The zero-order valence-corrected chi connectivity index (χ0v) is 12.7. The van der Waals surface area contributed by atoms with Crippen LogP contribution >= 0.6 is 11.8 Å². The number of benzene rings is 2. The fraction of sp³-hybridized carbons (Fsp3) is 0.133. The van der Waals surface area contributed by atoms with E-state index in [2.05, 4.69) is 15.5 Å². The number of carbonyl (C=O) groups excluding carboxylic acids is 1. The van der Waals surface area contributed by atoms with Gasteiger partial charge < -0.3 is 11.2 Å². The number of rotatable bonds is 4. The monoisotopic (exact) mass is 313 g/mol. The predicted molar refractivity (Wildman–Crippen MR) is 88.1 cm³/mol. The molecule has 1 aromatic heterocycles. The molecule has 112 valence electrons. The fourth-order valence-corrected chi connectivity index (χ4v) is 2.78. The third-order valence-corrected chi connectivity index (χ3v) is 4.28. The molecule has 1 heterocycles. The Bertz CT molecular complexity index is 816. The van der Waals surface area contributed by atoms with Crippen LogP contribution < -0.4 is 11.2 Å². The van der Waals surface area contributed by atoms with Crippen molar-refractivity contribution in [2.45, 2.75) is 17.3 Å². The molecule has 0 bridgehead atoms. The fourth-order valence-electron chi connectivity index (χ4n) is 2.04. The van der Waals surface area contributed by atoms with Gasteiger partial charge in [0.2, 0.25) is 11.1 Å². The average molecular weight is 313 g/mol.